The van der Waals surface area contributed by atoms with E-state index in [-0.39, 0.29) is 11.6 Å². The van der Waals surface area contributed by atoms with Gasteiger partial charge in [0.25, 0.3) is 5.91 Å². The van der Waals surface area contributed by atoms with Gasteiger partial charge in [-0.3, -0.25) is 4.79 Å². The molecule has 0 aliphatic carbocycles. The predicted molar refractivity (Wildman–Crippen MR) is 93.5 cm³/mol. The number of hydrogen-bond acceptors (Lipinski definition) is 5. The molecule has 0 spiro atoms. The summed E-state index contributed by atoms with van der Waals surface area (Å²) < 4.78 is 0. The summed E-state index contributed by atoms with van der Waals surface area (Å²) in [5, 5.41) is 6.59. The zero-order valence-electron chi connectivity index (χ0n) is 12.8. The summed E-state index contributed by atoms with van der Waals surface area (Å²) in [5.74, 6) is 0.0649. The Labute approximate surface area is 144 Å². The molecule has 0 aliphatic rings. The lowest BCUT2D eigenvalue weighted by Crippen LogP contribution is -2.22. The van der Waals surface area contributed by atoms with Crippen LogP contribution in [-0.2, 0) is 0 Å². The van der Waals surface area contributed by atoms with E-state index in [2.05, 4.69) is 20.6 Å². The van der Waals surface area contributed by atoms with Gasteiger partial charge in [0, 0.05) is 25.0 Å². The van der Waals surface area contributed by atoms with Gasteiger partial charge < -0.3 is 15.5 Å². The van der Waals surface area contributed by atoms with Crippen molar-refractivity contribution in [1.82, 2.24) is 14.9 Å². The molecule has 0 bridgehead atoms. The van der Waals surface area contributed by atoms with E-state index >= 15 is 0 Å². The number of likely N-dealkylation sites (N-methyl/N-ethyl adjacent to an activating group) is 1. The Morgan fingerprint density at radius 2 is 2.00 bits per heavy atom. The molecule has 6 nitrogen and oxygen atoms in total. The van der Waals surface area contributed by atoms with E-state index in [0.29, 0.717) is 28.2 Å². The summed E-state index contributed by atoms with van der Waals surface area (Å²) in [5.41, 5.74) is 0.809. The third-order valence-corrected chi connectivity index (χ3v) is 3.65. The third-order valence-electron chi connectivity index (χ3n) is 2.91. The number of nitrogens with zero attached hydrogens (tertiary/aromatic N) is 3. The molecule has 0 saturated carbocycles. The topological polar surface area (TPSA) is 70.2 Å². The number of rotatable bonds is 6. The lowest BCUT2D eigenvalue weighted by molar-refractivity contribution is 0.102. The van der Waals surface area contributed by atoms with E-state index in [1.165, 1.54) is 6.20 Å². The van der Waals surface area contributed by atoms with Crippen LogP contribution in [0.15, 0.2) is 30.5 Å². The van der Waals surface area contributed by atoms with Gasteiger partial charge in [-0.1, -0.05) is 23.2 Å². The van der Waals surface area contributed by atoms with Crippen LogP contribution in [0.25, 0.3) is 0 Å². The second kappa shape index (κ2) is 8.10. The highest BCUT2D eigenvalue weighted by atomic mass is 35.5. The van der Waals surface area contributed by atoms with Crippen molar-refractivity contribution in [2.45, 2.75) is 0 Å². The number of nitrogens with one attached hydrogen (secondary N) is 2. The average Bonchev–Trinajstić information content (AvgIpc) is 2.51. The minimum Gasteiger partial charge on any atom is -0.353 e. The molecular weight excluding hydrogens is 337 g/mol. The molecule has 2 rings (SSSR count). The fourth-order valence-corrected chi connectivity index (χ4v) is 2.03. The van der Waals surface area contributed by atoms with Gasteiger partial charge in [-0.25, -0.2) is 9.97 Å². The maximum atomic E-state index is 12.2. The van der Waals surface area contributed by atoms with Crippen LogP contribution in [0.1, 0.15) is 10.5 Å². The van der Waals surface area contributed by atoms with Crippen LogP contribution in [-0.4, -0.2) is 48.0 Å². The van der Waals surface area contributed by atoms with E-state index in [0.717, 1.165) is 6.54 Å². The third kappa shape index (κ3) is 5.35. The van der Waals surface area contributed by atoms with Crippen molar-refractivity contribution in [1.29, 1.82) is 0 Å². The number of anilines is 2. The maximum absolute atomic E-state index is 12.2. The molecule has 23 heavy (non-hydrogen) atoms. The second-order valence-electron chi connectivity index (χ2n) is 5.08. The monoisotopic (exact) mass is 353 g/mol. The van der Waals surface area contributed by atoms with Crippen LogP contribution in [0.2, 0.25) is 10.0 Å². The van der Waals surface area contributed by atoms with E-state index < -0.39 is 0 Å². The highest BCUT2D eigenvalue weighted by Gasteiger charge is 2.10. The van der Waals surface area contributed by atoms with Crippen LogP contribution in [0.4, 0.5) is 11.6 Å². The molecule has 8 heteroatoms. The smallest absolute Gasteiger partial charge is 0.274 e. The van der Waals surface area contributed by atoms with Crippen LogP contribution >= 0.6 is 23.2 Å². The van der Waals surface area contributed by atoms with Crippen molar-refractivity contribution in [2.24, 2.45) is 0 Å². The summed E-state index contributed by atoms with van der Waals surface area (Å²) in [4.78, 5) is 22.6. The molecule has 0 radical (unpaired) electrons. The van der Waals surface area contributed by atoms with Crippen molar-refractivity contribution < 1.29 is 4.79 Å². The van der Waals surface area contributed by atoms with E-state index in [1.807, 2.05) is 19.0 Å². The first kappa shape index (κ1) is 17.5. The summed E-state index contributed by atoms with van der Waals surface area (Å²) in [6.45, 7) is 1.52. The Bertz CT molecular complexity index is 693. The normalized spacial score (nSPS) is 10.7. The number of halogens is 2. The molecule has 2 N–H and O–H groups in total. The first-order valence-corrected chi connectivity index (χ1v) is 7.69. The predicted octanol–water partition coefficient (Wildman–Crippen LogP) is 3.01. The number of carbonyl (C=O) groups is 1. The Hall–Kier alpha value is -1.89. The van der Waals surface area contributed by atoms with Crippen molar-refractivity contribution >= 4 is 40.7 Å². The molecule has 0 atom stereocenters. The second-order valence-corrected chi connectivity index (χ2v) is 5.89. The molecule has 0 fully saturated rings. The van der Waals surface area contributed by atoms with Crippen LogP contribution in [0, 0.1) is 0 Å². The summed E-state index contributed by atoms with van der Waals surface area (Å²) >= 11 is 11.8. The molecule has 0 aliphatic heterocycles. The van der Waals surface area contributed by atoms with Gasteiger partial charge in [0.15, 0.2) is 0 Å². The van der Waals surface area contributed by atoms with E-state index in [9.17, 15) is 4.79 Å². The molecule has 122 valence electrons. The van der Waals surface area contributed by atoms with Crippen molar-refractivity contribution in [3.63, 3.8) is 0 Å². The minimum atomic E-state index is -0.346. The van der Waals surface area contributed by atoms with Crippen LogP contribution in [0.5, 0.6) is 0 Å². The zero-order chi connectivity index (χ0) is 16.8. The SMILES string of the molecule is CN(C)CCNc1nccc(C(=O)Nc2ccc(Cl)c(Cl)c2)n1. The first-order valence-electron chi connectivity index (χ1n) is 6.94. The molecule has 2 aromatic rings. The molecule has 1 heterocycles. The van der Waals surface area contributed by atoms with E-state index in [4.69, 9.17) is 23.2 Å². The Morgan fingerprint density at radius 3 is 2.70 bits per heavy atom. The minimum absolute atomic E-state index is 0.262. The lowest BCUT2D eigenvalue weighted by atomic mass is 10.3. The highest BCUT2D eigenvalue weighted by Crippen LogP contribution is 2.25. The fraction of sp³-hybridized carbons (Fsp3) is 0.267. The Kier molecular flexibility index (Phi) is 6.15. The fourth-order valence-electron chi connectivity index (χ4n) is 1.73. The molecular formula is C15H17Cl2N5O. The number of amides is 1. The average molecular weight is 354 g/mol. The summed E-state index contributed by atoms with van der Waals surface area (Å²) in [6.07, 6.45) is 1.54. The quantitative estimate of drug-likeness (QED) is 0.835. The van der Waals surface area contributed by atoms with Gasteiger partial charge in [0.2, 0.25) is 5.95 Å². The van der Waals surface area contributed by atoms with Gasteiger partial charge in [-0.05, 0) is 38.4 Å². The number of benzene rings is 1. The molecule has 1 amide bonds. The van der Waals surface area contributed by atoms with Crippen LogP contribution in [0.3, 0.4) is 0 Å². The van der Waals surface area contributed by atoms with Crippen molar-refractivity contribution in [2.75, 3.05) is 37.8 Å². The van der Waals surface area contributed by atoms with Gasteiger partial charge in [0.05, 0.1) is 10.0 Å². The van der Waals surface area contributed by atoms with Gasteiger partial charge in [0.1, 0.15) is 5.69 Å². The molecule has 1 aromatic carbocycles. The standard InChI is InChI=1S/C15H17Cl2N5O/c1-22(2)8-7-19-15-18-6-5-13(21-15)14(23)20-10-3-4-11(16)12(17)9-10/h3-6,9H,7-8H2,1-2H3,(H,20,23)(H,18,19,21). The first-order chi connectivity index (χ1) is 11.0. The molecule has 1 aromatic heterocycles. The van der Waals surface area contributed by atoms with Gasteiger partial charge in [-0.2, -0.15) is 0 Å². The van der Waals surface area contributed by atoms with Crippen molar-refractivity contribution in [3.8, 4) is 0 Å². The Morgan fingerprint density at radius 1 is 1.22 bits per heavy atom. The largest absolute Gasteiger partial charge is 0.353 e. The molecule has 0 saturated heterocycles. The number of hydrogen-bond donors (Lipinski definition) is 2. The summed E-state index contributed by atoms with van der Waals surface area (Å²) in [6, 6.07) is 6.42. The van der Waals surface area contributed by atoms with Crippen molar-refractivity contribution in [3.05, 3.63) is 46.2 Å². The molecule has 0 unspecified atom stereocenters. The highest BCUT2D eigenvalue weighted by molar-refractivity contribution is 6.42. The number of carbonyl (C=O) groups excluding carboxylic acids is 1. The lowest BCUT2D eigenvalue weighted by Gasteiger charge is -2.11. The number of aromatic nitrogens is 2. The van der Waals surface area contributed by atoms with Gasteiger partial charge in [-0.15, -0.1) is 0 Å². The van der Waals surface area contributed by atoms with Crippen LogP contribution < -0.4 is 10.6 Å². The Balaban J connectivity index is 2.02. The zero-order valence-corrected chi connectivity index (χ0v) is 14.3. The summed E-state index contributed by atoms with van der Waals surface area (Å²) in [7, 11) is 3.95. The van der Waals surface area contributed by atoms with E-state index in [1.54, 1.807) is 24.3 Å². The van der Waals surface area contributed by atoms with Gasteiger partial charge >= 0.3 is 0 Å². The maximum Gasteiger partial charge on any atom is 0.274 e.